The molecule has 0 heterocycles. The van der Waals surface area contributed by atoms with Gasteiger partial charge < -0.3 is 47.5 Å². The summed E-state index contributed by atoms with van der Waals surface area (Å²) in [6, 6.07) is 45.5. The van der Waals surface area contributed by atoms with Gasteiger partial charge in [0.05, 0.1) is 0 Å². The van der Waals surface area contributed by atoms with E-state index in [-0.39, 0.29) is 34.1 Å². The van der Waals surface area contributed by atoms with E-state index in [0.29, 0.717) is 0 Å². The maximum Gasteiger partial charge on any atom is 0 e. The van der Waals surface area contributed by atoms with E-state index in [1.54, 1.807) is 0 Å². The van der Waals surface area contributed by atoms with E-state index in [2.05, 4.69) is 72.8 Å². The summed E-state index contributed by atoms with van der Waals surface area (Å²) in [5.41, 5.74) is 5.13. The molecule has 0 N–H and O–H groups in total. The second-order valence-electron chi connectivity index (χ2n) is 5.85. The second kappa shape index (κ2) is 13.8. The topological polar surface area (TPSA) is 0 Å². The van der Waals surface area contributed by atoms with Crippen molar-refractivity contribution in [2.75, 3.05) is 0 Å². The molecule has 2 heteroatoms. The number of hydrogen-bond acceptors (Lipinski definition) is 0. The fraction of sp³-hybridized carbons (Fsp3) is 0. The van der Waals surface area contributed by atoms with E-state index in [1.165, 1.54) is 22.3 Å². The van der Waals surface area contributed by atoms with Gasteiger partial charge in [-0.2, -0.15) is 54.6 Å². The Labute approximate surface area is 189 Å². The van der Waals surface area contributed by atoms with Gasteiger partial charge in [0.15, 0.2) is 0 Å². The van der Waals surface area contributed by atoms with Gasteiger partial charge >= 0.3 is 0 Å². The SMILES string of the molecule is [Fe].[Fe].c1cc(-[c-]2cccc2)cc(-[c-]2[cH-][cH-][cH-][cH-]2)c1.c1cc[cH-]c1.c1cc[cH-]c1. The van der Waals surface area contributed by atoms with Crippen LogP contribution in [0.5, 0.6) is 0 Å². The molecule has 0 fully saturated rings. The van der Waals surface area contributed by atoms with Crippen LogP contribution in [0.3, 0.4) is 0 Å². The van der Waals surface area contributed by atoms with Gasteiger partial charge in [-0.15, -0.1) is 17.7 Å². The third-order valence-corrected chi connectivity index (χ3v) is 3.97. The standard InChI is InChI=1S/C16H12.2C5H5.2Fe/c1-2-7-13(6-1)15-10-5-11-16(12-15)14-8-3-4-9-14;2*1-2-4-5-3-1;;/h1-12H;2*1-5H;;/q-6;2*-1;;. The van der Waals surface area contributed by atoms with Crippen LogP contribution in [0.4, 0.5) is 0 Å². The molecule has 0 saturated heterocycles. The fourth-order valence-electron chi connectivity index (χ4n) is 2.65. The van der Waals surface area contributed by atoms with E-state index in [1.807, 2.05) is 60.7 Å². The molecule has 0 unspecified atom stereocenters. The first-order valence-electron chi connectivity index (χ1n) is 8.81. The summed E-state index contributed by atoms with van der Waals surface area (Å²) in [5, 5.41) is 0. The van der Waals surface area contributed by atoms with Crippen LogP contribution in [0, 0.1) is 0 Å². The largest absolute Gasteiger partial charge is 0.642 e. The molecule has 0 aliphatic rings. The minimum atomic E-state index is 0. The van der Waals surface area contributed by atoms with Crippen LogP contribution in [-0.4, -0.2) is 0 Å². The molecule has 5 aromatic carbocycles. The third-order valence-electron chi connectivity index (χ3n) is 3.97. The van der Waals surface area contributed by atoms with Gasteiger partial charge in [0.25, 0.3) is 0 Å². The molecule has 0 nitrogen and oxygen atoms in total. The zero-order valence-electron chi connectivity index (χ0n) is 15.4. The van der Waals surface area contributed by atoms with Crippen molar-refractivity contribution in [3.63, 3.8) is 0 Å². The summed E-state index contributed by atoms with van der Waals surface area (Å²) in [6.45, 7) is 0. The molecule has 0 amide bonds. The van der Waals surface area contributed by atoms with Crippen LogP contribution < -0.4 is 0 Å². The first-order valence-corrected chi connectivity index (χ1v) is 8.81. The molecule has 0 saturated carbocycles. The summed E-state index contributed by atoms with van der Waals surface area (Å²) >= 11 is 0. The Morgan fingerprint density at radius 3 is 1.54 bits per heavy atom. The molecule has 0 atom stereocenters. The van der Waals surface area contributed by atoms with Crippen LogP contribution in [0.2, 0.25) is 0 Å². The molecule has 0 aliphatic heterocycles. The molecule has 28 heavy (non-hydrogen) atoms. The molecule has 0 aliphatic carbocycles. The minimum absolute atomic E-state index is 0. The van der Waals surface area contributed by atoms with Crippen molar-refractivity contribution < 1.29 is 34.1 Å². The van der Waals surface area contributed by atoms with E-state index in [4.69, 9.17) is 0 Å². The Kier molecular flexibility index (Phi) is 11.7. The molecular weight excluding hydrogens is 424 g/mol. The average Bonchev–Trinajstić information content (AvgIpc) is 3.50. The fourth-order valence-corrected chi connectivity index (χ4v) is 2.65. The smallest absolute Gasteiger partial charge is 0 e. The molecular formula is C26H22Fe2-8. The Morgan fingerprint density at radius 2 is 1.07 bits per heavy atom. The Bertz CT molecular complexity index is 800. The van der Waals surface area contributed by atoms with Crippen molar-refractivity contribution in [2.24, 2.45) is 0 Å². The monoisotopic (exact) mass is 446 g/mol. The molecule has 0 aromatic heterocycles. The maximum absolute atomic E-state index is 2.24. The van der Waals surface area contributed by atoms with Gasteiger partial charge in [-0.25, -0.2) is 35.9 Å². The summed E-state index contributed by atoms with van der Waals surface area (Å²) in [4.78, 5) is 0. The van der Waals surface area contributed by atoms with Gasteiger partial charge in [-0.1, -0.05) is 0 Å². The number of rotatable bonds is 2. The van der Waals surface area contributed by atoms with Crippen LogP contribution in [0.25, 0.3) is 22.3 Å². The Morgan fingerprint density at radius 1 is 0.571 bits per heavy atom. The van der Waals surface area contributed by atoms with Crippen LogP contribution >= 0.6 is 0 Å². The minimum Gasteiger partial charge on any atom is -0.642 e. The van der Waals surface area contributed by atoms with Crippen molar-refractivity contribution in [1.82, 2.24) is 0 Å². The number of hydrogen-bond donors (Lipinski definition) is 0. The summed E-state index contributed by atoms with van der Waals surface area (Å²) in [5.74, 6) is 0. The summed E-state index contributed by atoms with van der Waals surface area (Å²) in [6.07, 6.45) is 0. The molecule has 5 rings (SSSR count). The van der Waals surface area contributed by atoms with Crippen molar-refractivity contribution in [3.05, 3.63) is 133 Å². The third kappa shape index (κ3) is 7.72. The second-order valence-corrected chi connectivity index (χ2v) is 5.85. The normalized spacial score (nSPS) is 8.86. The first kappa shape index (κ1) is 23.7. The Balaban J connectivity index is 0.000000271. The van der Waals surface area contributed by atoms with Crippen molar-refractivity contribution in [3.8, 4) is 22.3 Å². The predicted octanol–water partition coefficient (Wildman–Crippen LogP) is 7.26. The molecule has 5 aromatic rings. The molecule has 0 spiro atoms. The van der Waals surface area contributed by atoms with Crippen LogP contribution in [0.15, 0.2) is 133 Å². The molecule has 150 valence electrons. The van der Waals surface area contributed by atoms with Gasteiger partial charge in [0.1, 0.15) is 0 Å². The predicted molar refractivity (Wildman–Crippen MR) is 113 cm³/mol. The van der Waals surface area contributed by atoms with Crippen LogP contribution in [0.1, 0.15) is 0 Å². The van der Waals surface area contributed by atoms with E-state index >= 15 is 0 Å². The van der Waals surface area contributed by atoms with Crippen molar-refractivity contribution in [1.29, 1.82) is 0 Å². The number of benzene rings is 1. The average molecular weight is 446 g/mol. The van der Waals surface area contributed by atoms with E-state index in [0.717, 1.165) is 0 Å². The Hall–Kier alpha value is -2.34. The van der Waals surface area contributed by atoms with E-state index < -0.39 is 0 Å². The van der Waals surface area contributed by atoms with Crippen molar-refractivity contribution >= 4 is 0 Å². The molecule has 0 radical (unpaired) electrons. The summed E-state index contributed by atoms with van der Waals surface area (Å²) < 4.78 is 0. The van der Waals surface area contributed by atoms with Crippen LogP contribution in [-0.2, 0) is 34.1 Å². The summed E-state index contributed by atoms with van der Waals surface area (Å²) in [7, 11) is 0. The van der Waals surface area contributed by atoms with Gasteiger partial charge in [0.2, 0.25) is 0 Å². The van der Waals surface area contributed by atoms with Gasteiger partial charge in [0, 0.05) is 34.1 Å². The zero-order valence-corrected chi connectivity index (χ0v) is 17.6. The van der Waals surface area contributed by atoms with Gasteiger partial charge in [-0.05, 0) is 0 Å². The van der Waals surface area contributed by atoms with Crippen molar-refractivity contribution in [2.45, 2.75) is 0 Å². The van der Waals surface area contributed by atoms with E-state index in [9.17, 15) is 0 Å². The maximum atomic E-state index is 2.24. The van der Waals surface area contributed by atoms with Gasteiger partial charge in [-0.3, -0.25) is 0 Å². The molecule has 0 bridgehead atoms. The quantitative estimate of drug-likeness (QED) is 0.198. The first-order chi connectivity index (χ1) is 12.9. The zero-order chi connectivity index (χ0) is 17.9.